The molecule has 5 nitrogen and oxygen atoms in total. The summed E-state index contributed by atoms with van der Waals surface area (Å²) in [6.07, 6.45) is -4.95. The maximum Gasteiger partial charge on any atom is 0.418 e. The fourth-order valence-corrected chi connectivity index (χ4v) is 1.96. The number of halogens is 5. The molecule has 0 atom stereocenters. The van der Waals surface area contributed by atoms with Crippen LogP contribution in [0.2, 0.25) is 10.0 Å². The molecule has 1 amide bonds. The first-order valence-corrected chi connectivity index (χ1v) is 5.88. The molecule has 0 aliphatic heterocycles. The Bertz CT molecular complexity index is 576. The number of amides is 1. The van der Waals surface area contributed by atoms with E-state index in [0.29, 0.717) is 6.07 Å². The third-order valence-corrected chi connectivity index (χ3v) is 3.03. The zero-order chi connectivity index (χ0) is 15.7. The highest BCUT2D eigenvalue weighted by Crippen LogP contribution is 2.46. The molecule has 10 heteroatoms. The van der Waals surface area contributed by atoms with Crippen molar-refractivity contribution in [1.82, 2.24) is 0 Å². The summed E-state index contributed by atoms with van der Waals surface area (Å²) in [5.41, 5.74) is -3.06. The number of benzene rings is 1. The van der Waals surface area contributed by atoms with Crippen molar-refractivity contribution in [3.05, 3.63) is 31.8 Å². The second kappa shape index (κ2) is 5.84. The van der Waals surface area contributed by atoms with Crippen LogP contribution in [0.1, 0.15) is 18.9 Å². The highest BCUT2D eigenvalue weighted by molar-refractivity contribution is 6.40. The van der Waals surface area contributed by atoms with Gasteiger partial charge in [0.15, 0.2) is 0 Å². The van der Waals surface area contributed by atoms with Crippen LogP contribution < -0.4 is 5.32 Å². The van der Waals surface area contributed by atoms with Crippen molar-refractivity contribution in [2.75, 3.05) is 5.32 Å². The molecule has 1 N–H and O–H groups in total. The van der Waals surface area contributed by atoms with Gasteiger partial charge in [-0.15, -0.1) is 0 Å². The minimum atomic E-state index is -4.92. The quantitative estimate of drug-likeness (QED) is 0.664. The molecule has 1 rings (SSSR count). The number of carbonyl (C=O) groups is 1. The first kappa shape index (κ1) is 16.5. The van der Waals surface area contributed by atoms with Crippen molar-refractivity contribution in [3.8, 4) is 0 Å². The second-order valence-electron chi connectivity index (χ2n) is 3.60. The zero-order valence-electron chi connectivity index (χ0n) is 9.85. The molecule has 0 radical (unpaired) electrons. The average molecular weight is 331 g/mol. The summed E-state index contributed by atoms with van der Waals surface area (Å²) in [5, 5.41) is 11.1. The Morgan fingerprint density at radius 2 is 1.95 bits per heavy atom. The van der Waals surface area contributed by atoms with Crippen LogP contribution in [0.15, 0.2) is 6.07 Å². The lowest BCUT2D eigenvalue weighted by atomic mass is 10.1. The smallest absolute Gasteiger partial charge is 0.325 e. The number of nitro benzene ring substituents is 1. The SMILES string of the molecule is CCC(=O)Nc1cc(C(F)(F)F)c(Cl)c([N+](=O)[O-])c1Cl. The minimum absolute atomic E-state index is 0.0336. The maximum absolute atomic E-state index is 12.8. The summed E-state index contributed by atoms with van der Waals surface area (Å²) in [6.45, 7) is 1.46. The number of hydrogen-bond donors (Lipinski definition) is 1. The molecule has 0 saturated carbocycles. The molecule has 0 bridgehead atoms. The molecule has 20 heavy (non-hydrogen) atoms. The Hall–Kier alpha value is -1.54. The first-order chi connectivity index (χ1) is 9.09. The lowest BCUT2D eigenvalue weighted by Crippen LogP contribution is -2.13. The number of anilines is 1. The lowest BCUT2D eigenvalue weighted by Gasteiger charge is -2.13. The number of alkyl halides is 3. The second-order valence-corrected chi connectivity index (χ2v) is 4.36. The Labute approximate surface area is 120 Å². The molecular weight excluding hydrogens is 324 g/mol. The van der Waals surface area contributed by atoms with Crippen LogP contribution in [0.5, 0.6) is 0 Å². The van der Waals surface area contributed by atoms with Crippen LogP contribution in [-0.2, 0) is 11.0 Å². The summed E-state index contributed by atoms with van der Waals surface area (Å²) in [4.78, 5) is 20.9. The van der Waals surface area contributed by atoms with E-state index >= 15 is 0 Å². The van der Waals surface area contributed by atoms with E-state index < -0.39 is 44.0 Å². The van der Waals surface area contributed by atoms with Crippen molar-refractivity contribution in [2.24, 2.45) is 0 Å². The van der Waals surface area contributed by atoms with Gasteiger partial charge >= 0.3 is 11.9 Å². The highest BCUT2D eigenvalue weighted by Gasteiger charge is 2.39. The molecule has 1 aromatic carbocycles. The lowest BCUT2D eigenvalue weighted by molar-refractivity contribution is -0.384. The fourth-order valence-electron chi connectivity index (χ4n) is 1.32. The van der Waals surface area contributed by atoms with Crippen LogP contribution in [0.25, 0.3) is 0 Å². The third kappa shape index (κ3) is 3.31. The van der Waals surface area contributed by atoms with Gasteiger partial charge in [0, 0.05) is 6.42 Å². The van der Waals surface area contributed by atoms with E-state index in [-0.39, 0.29) is 6.42 Å². The molecule has 0 saturated heterocycles. The van der Waals surface area contributed by atoms with Crippen LogP contribution in [0, 0.1) is 10.1 Å². The summed E-state index contributed by atoms with van der Waals surface area (Å²) in [6, 6.07) is 0.464. The van der Waals surface area contributed by atoms with Crippen molar-refractivity contribution < 1.29 is 22.9 Å². The van der Waals surface area contributed by atoms with Gasteiger partial charge in [-0.05, 0) is 6.07 Å². The van der Waals surface area contributed by atoms with E-state index in [1.54, 1.807) is 0 Å². The third-order valence-electron chi connectivity index (χ3n) is 2.26. The molecule has 0 fully saturated rings. The molecular formula is C10H7Cl2F3N2O3. The zero-order valence-corrected chi connectivity index (χ0v) is 11.4. The van der Waals surface area contributed by atoms with Crippen molar-refractivity contribution >= 4 is 40.5 Å². The number of rotatable bonds is 3. The number of hydrogen-bond acceptors (Lipinski definition) is 3. The first-order valence-electron chi connectivity index (χ1n) is 5.13. The van der Waals surface area contributed by atoms with Gasteiger partial charge in [0.2, 0.25) is 5.91 Å². The van der Waals surface area contributed by atoms with Gasteiger partial charge in [0.25, 0.3) is 0 Å². The molecule has 0 aliphatic carbocycles. The van der Waals surface area contributed by atoms with Gasteiger partial charge in [-0.3, -0.25) is 14.9 Å². The van der Waals surface area contributed by atoms with Gasteiger partial charge < -0.3 is 5.32 Å². The van der Waals surface area contributed by atoms with Gasteiger partial charge in [-0.1, -0.05) is 30.1 Å². The molecule has 0 heterocycles. The van der Waals surface area contributed by atoms with E-state index in [4.69, 9.17) is 23.2 Å². The fraction of sp³-hybridized carbons (Fsp3) is 0.300. The van der Waals surface area contributed by atoms with E-state index in [1.807, 2.05) is 0 Å². The average Bonchev–Trinajstić information content (AvgIpc) is 2.30. The summed E-state index contributed by atoms with van der Waals surface area (Å²) in [7, 11) is 0. The Kier molecular flexibility index (Phi) is 4.82. The van der Waals surface area contributed by atoms with Crippen LogP contribution in [-0.4, -0.2) is 10.8 Å². The number of nitrogens with zero attached hydrogens (tertiary/aromatic N) is 1. The topological polar surface area (TPSA) is 72.2 Å². The molecule has 0 aromatic heterocycles. The van der Waals surface area contributed by atoms with Gasteiger partial charge in [-0.2, -0.15) is 13.2 Å². The standard InChI is InChI=1S/C10H7Cl2F3N2O3/c1-2-6(18)16-5-3-4(10(13,14)15)7(11)9(8(5)12)17(19)20/h3H,2H2,1H3,(H,16,18). The molecule has 0 spiro atoms. The Morgan fingerprint density at radius 3 is 2.35 bits per heavy atom. The van der Waals surface area contributed by atoms with Crippen LogP contribution in [0.4, 0.5) is 24.5 Å². The number of nitrogens with one attached hydrogen (secondary N) is 1. The van der Waals surface area contributed by atoms with Crippen molar-refractivity contribution in [3.63, 3.8) is 0 Å². The van der Waals surface area contributed by atoms with Gasteiger partial charge in [0.05, 0.1) is 16.2 Å². The van der Waals surface area contributed by atoms with E-state index in [0.717, 1.165) is 0 Å². The van der Waals surface area contributed by atoms with Gasteiger partial charge in [-0.25, -0.2) is 0 Å². The minimum Gasteiger partial charge on any atom is -0.325 e. The number of carbonyl (C=O) groups excluding carboxylic acids is 1. The van der Waals surface area contributed by atoms with Crippen LogP contribution in [0.3, 0.4) is 0 Å². The molecule has 0 aliphatic rings. The molecule has 0 unspecified atom stereocenters. The maximum atomic E-state index is 12.8. The van der Waals surface area contributed by atoms with Crippen molar-refractivity contribution in [2.45, 2.75) is 19.5 Å². The number of nitro groups is 1. The summed E-state index contributed by atoms with van der Waals surface area (Å²) >= 11 is 11.0. The Balaban J connectivity index is 3.58. The van der Waals surface area contributed by atoms with E-state index in [1.165, 1.54) is 6.92 Å². The summed E-state index contributed by atoms with van der Waals surface area (Å²) in [5.74, 6) is -0.642. The predicted molar refractivity (Wildman–Crippen MR) is 67.0 cm³/mol. The molecule has 1 aromatic rings. The largest absolute Gasteiger partial charge is 0.418 e. The van der Waals surface area contributed by atoms with E-state index in [9.17, 15) is 28.1 Å². The van der Waals surface area contributed by atoms with E-state index in [2.05, 4.69) is 5.32 Å². The summed E-state index contributed by atoms with van der Waals surface area (Å²) < 4.78 is 38.3. The van der Waals surface area contributed by atoms with Crippen LogP contribution >= 0.6 is 23.2 Å². The van der Waals surface area contributed by atoms with Crippen molar-refractivity contribution in [1.29, 1.82) is 0 Å². The molecule has 110 valence electrons. The normalized spacial score (nSPS) is 11.3. The Morgan fingerprint density at radius 1 is 1.40 bits per heavy atom. The monoisotopic (exact) mass is 330 g/mol. The van der Waals surface area contributed by atoms with Gasteiger partial charge in [0.1, 0.15) is 10.0 Å². The predicted octanol–water partition coefficient (Wildman–Crippen LogP) is 4.27. The highest BCUT2D eigenvalue weighted by atomic mass is 35.5.